The smallest absolute Gasteiger partial charge is 0.305 e. The van der Waals surface area contributed by atoms with E-state index in [1.165, 1.54) is 7.11 Å². The molecule has 1 amide bonds. The number of ether oxygens (including phenoxy) is 3. The van der Waals surface area contributed by atoms with Crippen LogP contribution in [0.15, 0.2) is 0 Å². The van der Waals surface area contributed by atoms with Crippen LogP contribution in [0.2, 0.25) is 0 Å². The van der Waals surface area contributed by atoms with Gasteiger partial charge in [0.1, 0.15) is 0 Å². The SMILES string of the molecule is COC(=O)CCC(=O)C(=O)NCCCOCCOCCCN. The highest BCUT2D eigenvalue weighted by molar-refractivity contribution is 6.36. The highest BCUT2D eigenvalue weighted by Gasteiger charge is 2.14. The molecule has 0 aliphatic heterocycles. The zero-order valence-corrected chi connectivity index (χ0v) is 13.1. The van der Waals surface area contributed by atoms with E-state index in [9.17, 15) is 14.4 Å². The van der Waals surface area contributed by atoms with Gasteiger partial charge in [0.05, 0.1) is 26.7 Å². The van der Waals surface area contributed by atoms with Crippen LogP contribution in [0.4, 0.5) is 0 Å². The second kappa shape index (κ2) is 14.4. The topological polar surface area (TPSA) is 117 Å². The molecule has 0 saturated carbocycles. The van der Waals surface area contributed by atoms with Crippen LogP contribution in [0, 0.1) is 0 Å². The van der Waals surface area contributed by atoms with E-state index in [1.807, 2.05) is 0 Å². The third-order valence-corrected chi connectivity index (χ3v) is 2.65. The molecule has 0 unspecified atom stereocenters. The van der Waals surface area contributed by atoms with E-state index < -0.39 is 17.7 Å². The van der Waals surface area contributed by atoms with E-state index >= 15 is 0 Å². The van der Waals surface area contributed by atoms with Crippen molar-refractivity contribution in [1.82, 2.24) is 5.32 Å². The van der Waals surface area contributed by atoms with Crippen molar-refractivity contribution in [3.8, 4) is 0 Å². The van der Waals surface area contributed by atoms with Crippen molar-refractivity contribution in [3.05, 3.63) is 0 Å². The molecule has 3 N–H and O–H groups in total. The van der Waals surface area contributed by atoms with Crippen molar-refractivity contribution in [2.75, 3.05) is 46.6 Å². The number of ketones is 1. The number of Topliss-reactive ketones (excluding diaryl/α,β-unsaturated/α-hetero) is 1. The first-order valence-corrected chi connectivity index (χ1v) is 7.35. The fourth-order valence-electron chi connectivity index (χ4n) is 1.41. The van der Waals surface area contributed by atoms with Crippen LogP contribution in [0.3, 0.4) is 0 Å². The molecule has 0 aliphatic carbocycles. The Morgan fingerprint density at radius 1 is 0.955 bits per heavy atom. The zero-order chi connectivity index (χ0) is 16.6. The lowest BCUT2D eigenvalue weighted by molar-refractivity contribution is -0.143. The number of rotatable bonds is 14. The first-order valence-electron chi connectivity index (χ1n) is 7.35. The van der Waals surface area contributed by atoms with E-state index in [-0.39, 0.29) is 12.8 Å². The Morgan fingerprint density at radius 3 is 2.18 bits per heavy atom. The zero-order valence-electron chi connectivity index (χ0n) is 13.1. The van der Waals surface area contributed by atoms with Crippen LogP contribution in [-0.2, 0) is 28.6 Å². The molecular formula is C14H26N2O6. The van der Waals surface area contributed by atoms with Gasteiger partial charge in [-0.3, -0.25) is 14.4 Å². The second-order valence-corrected chi connectivity index (χ2v) is 4.48. The highest BCUT2D eigenvalue weighted by Crippen LogP contribution is 1.94. The summed E-state index contributed by atoms with van der Waals surface area (Å²) in [5.41, 5.74) is 5.32. The van der Waals surface area contributed by atoms with Gasteiger partial charge in [-0.05, 0) is 19.4 Å². The molecule has 0 aromatic rings. The summed E-state index contributed by atoms with van der Waals surface area (Å²) in [4.78, 5) is 33.6. The number of nitrogens with two attached hydrogens (primary N) is 1. The van der Waals surface area contributed by atoms with Crippen molar-refractivity contribution < 1.29 is 28.6 Å². The largest absolute Gasteiger partial charge is 0.469 e. The number of hydrogen-bond acceptors (Lipinski definition) is 7. The van der Waals surface area contributed by atoms with E-state index in [1.54, 1.807) is 0 Å². The van der Waals surface area contributed by atoms with Gasteiger partial charge in [0, 0.05) is 26.2 Å². The summed E-state index contributed by atoms with van der Waals surface area (Å²) in [6.07, 6.45) is 1.19. The standard InChI is InChI=1S/C14H26N2O6/c1-20-13(18)5-4-12(17)14(19)16-7-3-9-22-11-10-21-8-2-6-15/h2-11,15H2,1H3,(H,16,19). The molecule has 22 heavy (non-hydrogen) atoms. The molecule has 0 saturated heterocycles. The minimum Gasteiger partial charge on any atom is -0.469 e. The van der Waals surface area contributed by atoms with Crippen molar-refractivity contribution in [3.63, 3.8) is 0 Å². The molecule has 0 aliphatic rings. The van der Waals surface area contributed by atoms with E-state index in [0.29, 0.717) is 45.9 Å². The summed E-state index contributed by atoms with van der Waals surface area (Å²) in [7, 11) is 1.23. The Balaban J connectivity index is 3.41. The lowest BCUT2D eigenvalue weighted by Gasteiger charge is -2.06. The highest BCUT2D eigenvalue weighted by atomic mass is 16.5. The molecule has 0 rings (SSSR count). The van der Waals surface area contributed by atoms with Crippen LogP contribution in [-0.4, -0.2) is 64.3 Å². The average molecular weight is 318 g/mol. The third-order valence-electron chi connectivity index (χ3n) is 2.65. The number of carbonyl (C=O) groups is 3. The molecule has 0 aromatic carbocycles. The van der Waals surface area contributed by atoms with Gasteiger partial charge in [0.25, 0.3) is 5.91 Å². The monoisotopic (exact) mass is 318 g/mol. The predicted molar refractivity (Wildman–Crippen MR) is 79.2 cm³/mol. The number of esters is 1. The average Bonchev–Trinajstić information content (AvgIpc) is 2.53. The molecule has 0 heterocycles. The quantitative estimate of drug-likeness (QED) is 0.249. The predicted octanol–water partition coefficient (Wildman–Crippen LogP) is -0.603. The molecule has 0 radical (unpaired) electrons. The maximum atomic E-state index is 11.4. The number of nitrogens with one attached hydrogen (secondary N) is 1. The summed E-state index contributed by atoms with van der Waals surface area (Å²) in [5.74, 6) is -1.82. The van der Waals surface area contributed by atoms with Crippen LogP contribution in [0.5, 0.6) is 0 Å². The third kappa shape index (κ3) is 12.2. The van der Waals surface area contributed by atoms with Crippen molar-refractivity contribution >= 4 is 17.7 Å². The summed E-state index contributed by atoms with van der Waals surface area (Å²) in [5, 5.41) is 2.48. The summed E-state index contributed by atoms with van der Waals surface area (Å²) < 4.78 is 14.9. The van der Waals surface area contributed by atoms with Crippen LogP contribution >= 0.6 is 0 Å². The number of hydrogen-bond donors (Lipinski definition) is 2. The van der Waals surface area contributed by atoms with E-state index in [2.05, 4.69) is 10.1 Å². The van der Waals surface area contributed by atoms with Crippen molar-refractivity contribution in [2.45, 2.75) is 25.7 Å². The van der Waals surface area contributed by atoms with Gasteiger partial charge in [-0.2, -0.15) is 0 Å². The Labute approximate surface area is 130 Å². The summed E-state index contributed by atoms with van der Waals surface area (Å²) in [6, 6.07) is 0. The van der Waals surface area contributed by atoms with E-state index in [4.69, 9.17) is 15.2 Å². The van der Waals surface area contributed by atoms with Gasteiger partial charge in [0.2, 0.25) is 5.78 Å². The van der Waals surface area contributed by atoms with Gasteiger partial charge in [-0.1, -0.05) is 0 Å². The summed E-state index contributed by atoms with van der Waals surface area (Å²) in [6.45, 7) is 3.05. The molecule has 0 aromatic heterocycles. The molecule has 0 fully saturated rings. The van der Waals surface area contributed by atoms with Crippen LogP contribution in [0.1, 0.15) is 25.7 Å². The normalized spacial score (nSPS) is 10.3. The number of amides is 1. The first kappa shape index (κ1) is 20.5. The fraction of sp³-hybridized carbons (Fsp3) is 0.786. The molecule has 0 bridgehead atoms. The van der Waals surface area contributed by atoms with Gasteiger partial charge < -0.3 is 25.3 Å². The van der Waals surface area contributed by atoms with Crippen molar-refractivity contribution in [2.24, 2.45) is 5.73 Å². The lowest BCUT2D eigenvalue weighted by atomic mass is 10.2. The minimum absolute atomic E-state index is 0.0873. The number of carbonyl (C=O) groups excluding carboxylic acids is 3. The Hall–Kier alpha value is -1.51. The Kier molecular flexibility index (Phi) is 13.4. The Bertz CT molecular complexity index is 335. The maximum absolute atomic E-state index is 11.4. The molecule has 0 spiro atoms. The van der Waals surface area contributed by atoms with Gasteiger partial charge in [-0.25, -0.2) is 0 Å². The molecule has 8 nitrogen and oxygen atoms in total. The number of methoxy groups -OCH3 is 1. The maximum Gasteiger partial charge on any atom is 0.305 e. The first-order chi connectivity index (χ1) is 10.6. The minimum atomic E-state index is -0.686. The van der Waals surface area contributed by atoms with Gasteiger partial charge >= 0.3 is 5.97 Å². The van der Waals surface area contributed by atoms with Gasteiger partial charge in [-0.15, -0.1) is 0 Å². The van der Waals surface area contributed by atoms with E-state index in [0.717, 1.165) is 6.42 Å². The second-order valence-electron chi connectivity index (χ2n) is 4.48. The van der Waals surface area contributed by atoms with Crippen LogP contribution < -0.4 is 11.1 Å². The molecular weight excluding hydrogens is 292 g/mol. The molecule has 8 heteroatoms. The van der Waals surface area contributed by atoms with Crippen LogP contribution in [0.25, 0.3) is 0 Å². The fourth-order valence-corrected chi connectivity index (χ4v) is 1.41. The Morgan fingerprint density at radius 2 is 1.59 bits per heavy atom. The molecule has 128 valence electrons. The lowest BCUT2D eigenvalue weighted by Crippen LogP contribution is -2.32. The van der Waals surface area contributed by atoms with Crippen molar-refractivity contribution in [1.29, 1.82) is 0 Å². The summed E-state index contributed by atoms with van der Waals surface area (Å²) >= 11 is 0. The van der Waals surface area contributed by atoms with Gasteiger partial charge in [0.15, 0.2) is 0 Å². The molecule has 0 atom stereocenters.